The van der Waals surface area contributed by atoms with Gasteiger partial charge in [-0.15, -0.1) is 0 Å². The van der Waals surface area contributed by atoms with E-state index in [1.54, 1.807) is 4.68 Å². The Kier molecular flexibility index (Phi) is 3.03. The van der Waals surface area contributed by atoms with Crippen LogP contribution >= 0.6 is 0 Å². The Morgan fingerprint density at radius 3 is 2.44 bits per heavy atom. The summed E-state index contributed by atoms with van der Waals surface area (Å²) in [6.45, 7) is 6.04. The third-order valence-corrected chi connectivity index (χ3v) is 3.34. The molecule has 1 aromatic carbocycles. The average molecular weight is 245 g/mol. The van der Waals surface area contributed by atoms with Crippen LogP contribution in [0, 0.1) is 13.8 Å². The number of nitrogen functional groups attached to an aromatic ring is 1. The number of benzene rings is 1. The van der Waals surface area contributed by atoms with Crippen LogP contribution in [-0.2, 0) is 13.5 Å². The maximum Gasteiger partial charge on any atom is 0.294 e. The molecule has 0 saturated carbocycles. The Morgan fingerprint density at radius 2 is 1.94 bits per heavy atom. The van der Waals surface area contributed by atoms with Crippen LogP contribution in [0.25, 0.3) is 5.69 Å². The summed E-state index contributed by atoms with van der Waals surface area (Å²) in [5.41, 5.74) is 10.1. The van der Waals surface area contributed by atoms with E-state index in [1.807, 2.05) is 44.6 Å². The van der Waals surface area contributed by atoms with Crippen molar-refractivity contribution in [3.8, 4) is 5.69 Å². The molecule has 18 heavy (non-hydrogen) atoms. The van der Waals surface area contributed by atoms with E-state index in [9.17, 15) is 4.79 Å². The van der Waals surface area contributed by atoms with Crippen molar-refractivity contribution in [3.63, 3.8) is 0 Å². The van der Waals surface area contributed by atoms with E-state index >= 15 is 0 Å². The molecule has 0 saturated heterocycles. The van der Waals surface area contributed by atoms with Crippen molar-refractivity contribution < 1.29 is 0 Å². The van der Waals surface area contributed by atoms with E-state index in [1.165, 1.54) is 5.56 Å². The summed E-state index contributed by atoms with van der Waals surface area (Å²) in [7, 11) is 1.87. The Hall–Kier alpha value is -1.97. The van der Waals surface area contributed by atoms with Gasteiger partial charge in [-0.3, -0.25) is 9.48 Å². The lowest BCUT2D eigenvalue weighted by atomic mass is 10.1. The summed E-state index contributed by atoms with van der Waals surface area (Å²) in [6.07, 6.45) is 0.746. The molecule has 2 N–H and O–H groups in total. The highest BCUT2D eigenvalue weighted by molar-refractivity contribution is 5.48. The topological polar surface area (TPSA) is 53.0 Å². The van der Waals surface area contributed by atoms with E-state index in [4.69, 9.17) is 5.73 Å². The summed E-state index contributed by atoms with van der Waals surface area (Å²) in [4.78, 5) is 12.2. The zero-order valence-corrected chi connectivity index (χ0v) is 11.3. The molecule has 0 aliphatic heterocycles. The largest absolute Gasteiger partial charge is 0.393 e. The summed E-state index contributed by atoms with van der Waals surface area (Å²) in [6, 6.07) is 6.03. The van der Waals surface area contributed by atoms with Crippen LogP contribution in [0.5, 0.6) is 0 Å². The van der Waals surface area contributed by atoms with E-state index in [0.717, 1.165) is 23.4 Å². The summed E-state index contributed by atoms with van der Waals surface area (Å²) in [5, 5.41) is 0. The second kappa shape index (κ2) is 4.37. The van der Waals surface area contributed by atoms with Gasteiger partial charge in [0.15, 0.2) is 0 Å². The van der Waals surface area contributed by atoms with Crippen LogP contribution < -0.4 is 11.3 Å². The fraction of sp³-hybridized carbons (Fsp3) is 0.357. The van der Waals surface area contributed by atoms with Crippen molar-refractivity contribution in [1.82, 2.24) is 9.36 Å². The monoisotopic (exact) mass is 245 g/mol. The lowest BCUT2D eigenvalue weighted by Crippen LogP contribution is -2.21. The van der Waals surface area contributed by atoms with Crippen molar-refractivity contribution in [1.29, 1.82) is 0 Å². The number of aryl methyl sites for hydroxylation is 2. The van der Waals surface area contributed by atoms with Gasteiger partial charge in [0.05, 0.1) is 11.4 Å². The van der Waals surface area contributed by atoms with Gasteiger partial charge in [0, 0.05) is 7.05 Å². The minimum Gasteiger partial charge on any atom is -0.393 e. The van der Waals surface area contributed by atoms with Crippen LogP contribution in [0.15, 0.2) is 23.0 Å². The molecule has 0 bridgehead atoms. The zero-order chi connectivity index (χ0) is 13.4. The summed E-state index contributed by atoms with van der Waals surface area (Å²) >= 11 is 0. The highest BCUT2D eigenvalue weighted by Crippen LogP contribution is 2.17. The van der Waals surface area contributed by atoms with E-state index in [-0.39, 0.29) is 5.56 Å². The number of aromatic nitrogens is 2. The van der Waals surface area contributed by atoms with Gasteiger partial charge in [0.1, 0.15) is 5.69 Å². The molecule has 2 rings (SSSR count). The lowest BCUT2D eigenvalue weighted by Gasteiger charge is -2.12. The van der Waals surface area contributed by atoms with Crippen LogP contribution in [0.3, 0.4) is 0 Å². The SMILES string of the molecule is CCc1c(N)c(=O)n(-c2ccc(C)cc2C)n1C. The van der Waals surface area contributed by atoms with Gasteiger partial charge in [0.25, 0.3) is 5.56 Å². The second-order valence-electron chi connectivity index (χ2n) is 4.64. The Balaban J connectivity index is 2.76. The molecule has 4 heteroatoms. The normalized spacial score (nSPS) is 10.9. The number of hydrogen-bond donors (Lipinski definition) is 1. The molecular weight excluding hydrogens is 226 g/mol. The zero-order valence-electron chi connectivity index (χ0n) is 11.3. The van der Waals surface area contributed by atoms with E-state index in [2.05, 4.69) is 6.07 Å². The number of hydrogen-bond acceptors (Lipinski definition) is 2. The molecule has 1 aromatic heterocycles. The van der Waals surface area contributed by atoms with Gasteiger partial charge in [-0.25, -0.2) is 4.68 Å². The molecule has 0 radical (unpaired) electrons. The Morgan fingerprint density at radius 1 is 1.28 bits per heavy atom. The molecular formula is C14H19N3O. The van der Waals surface area contributed by atoms with Crippen molar-refractivity contribution in [2.24, 2.45) is 7.05 Å². The third-order valence-electron chi connectivity index (χ3n) is 3.34. The molecule has 96 valence electrons. The Labute approximate surface area is 107 Å². The van der Waals surface area contributed by atoms with Gasteiger partial charge in [-0.2, -0.15) is 0 Å². The van der Waals surface area contributed by atoms with Crippen LogP contribution in [0.4, 0.5) is 5.69 Å². The van der Waals surface area contributed by atoms with Crippen molar-refractivity contribution >= 4 is 5.69 Å². The highest BCUT2D eigenvalue weighted by atomic mass is 16.1. The molecule has 0 aliphatic carbocycles. The standard InChI is InChI=1S/C14H19N3O/c1-5-11-13(15)14(18)17(16(11)4)12-7-6-9(2)8-10(12)3/h6-8H,5,15H2,1-4H3. The first-order valence-electron chi connectivity index (χ1n) is 6.11. The molecule has 1 heterocycles. The lowest BCUT2D eigenvalue weighted by molar-refractivity contribution is 0.616. The quantitative estimate of drug-likeness (QED) is 0.879. The number of nitrogens with zero attached hydrogens (tertiary/aromatic N) is 2. The second-order valence-corrected chi connectivity index (χ2v) is 4.64. The first-order chi connectivity index (χ1) is 8.47. The van der Waals surface area contributed by atoms with Crippen molar-refractivity contribution in [2.45, 2.75) is 27.2 Å². The number of anilines is 1. The predicted molar refractivity (Wildman–Crippen MR) is 74.3 cm³/mol. The molecule has 4 nitrogen and oxygen atoms in total. The van der Waals surface area contributed by atoms with Gasteiger partial charge >= 0.3 is 0 Å². The minimum absolute atomic E-state index is 0.138. The summed E-state index contributed by atoms with van der Waals surface area (Å²) in [5.74, 6) is 0. The van der Waals surface area contributed by atoms with Crippen molar-refractivity contribution in [2.75, 3.05) is 5.73 Å². The fourth-order valence-corrected chi connectivity index (χ4v) is 2.40. The smallest absolute Gasteiger partial charge is 0.294 e. The number of nitrogens with two attached hydrogens (primary N) is 1. The van der Waals surface area contributed by atoms with Crippen LogP contribution in [0.1, 0.15) is 23.7 Å². The molecule has 0 atom stereocenters. The van der Waals surface area contributed by atoms with E-state index in [0.29, 0.717) is 5.69 Å². The molecule has 0 aliphatic rings. The minimum atomic E-state index is -0.138. The molecule has 0 unspecified atom stereocenters. The fourth-order valence-electron chi connectivity index (χ4n) is 2.40. The van der Waals surface area contributed by atoms with Gasteiger partial charge in [0.2, 0.25) is 0 Å². The van der Waals surface area contributed by atoms with Gasteiger partial charge < -0.3 is 5.73 Å². The maximum atomic E-state index is 12.2. The number of rotatable bonds is 2. The third kappa shape index (κ3) is 1.74. The van der Waals surface area contributed by atoms with Crippen LogP contribution in [0.2, 0.25) is 0 Å². The van der Waals surface area contributed by atoms with Gasteiger partial charge in [-0.1, -0.05) is 24.6 Å². The average Bonchev–Trinajstić information content (AvgIpc) is 2.52. The maximum absolute atomic E-state index is 12.2. The first-order valence-corrected chi connectivity index (χ1v) is 6.11. The predicted octanol–water partition coefficient (Wildman–Crippen LogP) is 1.94. The Bertz CT molecular complexity index is 650. The summed E-state index contributed by atoms with van der Waals surface area (Å²) < 4.78 is 3.48. The molecule has 0 spiro atoms. The highest BCUT2D eigenvalue weighted by Gasteiger charge is 2.16. The van der Waals surface area contributed by atoms with E-state index < -0.39 is 0 Å². The molecule has 2 aromatic rings. The first kappa shape index (κ1) is 12.5. The molecule has 0 amide bonds. The van der Waals surface area contributed by atoms with Crippen molar-refractivity contribution in [3.05, 3.63) is 45.4 Å². The van der Waals surface area contributed by atoms with Gasteiger partial charge in [-0.05, 0) is 31.9 Å². The molecule has 0 fully saturated rings. The van der Waals surface area contributed by atoms with Crippen LogP contribution in [-0.4, -0.2) is 9.36 Å².